The molecule has 0 aromatic heterocycles. The van der Waals surface area contributed by atoms with Crippen LogP contribution < -0.4 is 0 Å². The van der Waals surface area contributed by atoms with Gasteiger partial charge in [0.05, 0.1) is 0 Å². The Kier molecular flexibility index (Phi) is 4.66. The van der Waals surface area contributed by atoms with Crippen LogP contribution in [0.3, 0.4) is 0 Å². The van der Waals surface area contributed by atoms with Gasteiger partial charge in [0.2, 0.25) is 0 Å². The molecule has 0 aromatic rings. The second-order valence-electron chi connectivity index (χ2n) is 3.84. The van der Waals surface area contributed by atoms with E-state index < -0.39 is 0 Å². The molecular weight excluding hydrogens is 158 g/mol. The van der Waals surface area contributed by atoms with Crippen LogP contribution in [0.2, 0.25) is 0 Å². The number of unbranched alkanes of at least 4 members (excludes halogenated alkanes) is 3. The first-order valence-electron chi connectivity index (χ1n) is 5.45. The Morgan fingerprint density at radius 3 is 2.38 bits per heavy atom. The van der Waals surface area contributed by atoms with E-state index in [2.05, 4.69) is 43.3 Å². The van der Waals surface area contributed by atoms with Crippen LogP contribution in [-0.4, -0.2) is 11.4 Å². The molecule has 0 bridgehead atoms. The third-order valence-electron chi connectivity index (χ3n) is 2.43. The quantitative estimate of drug-likeness (QED) is 0.583. The van der Waals surface area contributed by atoms with Crippen molar-refractivity contribution >= 4 is 0 Å². The zero-order chi connectivity index (χ0) is 9.52. The van der Waals surface area contributed by atoms with Gasteiger partial charge in [-0.05, 0) is 12.3 Å². The van der Waals surface area contributed by atoms with Crippen molar-refractivity contribution in [2.45, 2.75) is 39.5 Å². The van der Waals surface area contributed by atoms with Crippen molar-refractivity contribution in [1.29, 1.82) is 0 Å². The minimum atomic E-state index is 0.617. The van der Waals surface area contributed by atoms with E-state index in [0.717, 1.165) is 0 Å². The molecule has 1 aliphatic rings. The Balaban J connectivity index is 2.09. The summed E-state index contributed by atoms with van der Waals surface area (Å²) >= 11 is 0. The Labute approximate surface area is 82.1 Å². The van der Waals surface area contributed by atoms with Gasteiger partial charge in [-0.15, -0.1) is 0 Å². The molecule has 0 amide bonds. The van der Waals surface area contributed by atoms with Crippen LogP contribution in [0.1, 0.15) is 39.5 Å². The van der Waals surface area contributed by atoms with Gasteiger partial charge in [0.1, 0.15) is 0 Å². The van der Waals surface area contributed by atoms with Crippen molar-refractivity contribution in [1.82, 2.24) is 4.90 Å². The highest BCUT2D eigenvalue weighted by molar-refractivity contribution is 5.05. The zero-order valence-electron chi connectivity index (χ0n) is 8.87. The third kappa shape index (κ3) is 4.16. The molecule has 13 heavy (non-hydrogen) atoms. The normalized spacial score (nSPS) is 16.9. The van der Waals surface area contributed by atoms with Crippen molar-refractivity contribution in [3.8, 4) is 0 Å². The van der Waals surface area contributed by atoms with Gasteiger partial charge in [-0.2, -0.15) is 0 Å². The summed E-state index contributed by atoms with van der Waals surface area (Å²) < 4.78 is 0. The van der Waals surface area contributed by atoms with E-state index in [1.54, 1.807) is 0 Å². The highest BCUT2D eigenvalue weighted by Crippen LogP contribution is 2.10. The van der Waals surface area contributed by atoms with Crippen LogP contribution in [0.15, 0.2) is 24.6 Å². The van der Waals surface area contributed by atoms with Crippen LogP contribution >= 0.6 is 0 Å². The van der Waals surface area contributed by atoms with Gasteiger partial charge in [0, 0.05) is 18.9 Å². The molecule has 1 nitrogen and oxygen atoms in total. The molecule has 0 radical (unpaired) electrons. The molecule has 1 heteroatoms. The van der Waals surface area contributed by atoms with Gasteiger partial charge < -0.3 is 4.90 Å². The van der Waals surface area contributed by atoms with E-state index in [1.165, 1.54) is 32.2 Å². The number of hydrogen-bond acceptors (Lipinski definition) is 1. The average molecular weight is 179 g/mol. The number of hydrogen-bond donors (Lipinski definition) is 0. The molecule has 0 saturated heterocycles. The molecule has 0 unspecified atom stereocenters. The Hall–Kier alpha value is -0.720. The summed E-state index contributed by atoms with van der Waals surface area (Å²) in [4.78, 5) is 2.29. The van der Waals surface area contributed by atoms with Crippen LogP contribution in [0, 0.1) is 5.92 Å². The van der Waals surface area contributed by atoms with E-state index >= 15 is 0 Å². The Morgan fingerprint density at radius 1 is 1.08 bits per heavy atom. The Morgan fingerprint density at radius 2 is 1.77 bits per heavy atom. The van der Waals surface area contributed by atoms with Gasteiger partial charge in [0.15, 0.2) is 0 Å². The molecule has 0 fully saturated rings. The molecule has 0 aliphatic carbocycles. The van der Waals surface area contributed by atoms with Gasteiger partial charge in [-0.25, -0.2) is 0 Å². The fourth-order valence-corrected chi connectivity index (χ4v) is 1.48. The topological polar surface area (TPSA) is 3.24 Å². The summed E-state index contributed by atoms with van der Waals surface area (Å²) in [7, 11) is 0. The van der Waals surface area contributed by atoms with Gasteiger partial charge in [-0.3, -0.25) is 0 Å². The lowest BCUT2D eigenvalue weighted by molar-refractivity contribution is 0.459. The third-order valence-corrected chi connectivity index (χ3v) is 2.43. The molecule has 0 spiro atoms. The molecule has 0 aromatic carbocycles. The Bertz CT molecular complexity index is 168. The SMILES string of the molecule is CCCCCCN1C=CC(C)C=C1. The van der Waals surface area contributed by atoms with E-state index in [1.807, 2.05) is 0 Å². The van der Waals surface area contributed by atoms with Crippen molar-refractivity contribution in [2.75, 3.05) is 6.54 Å². The van der Waals surface area contributed by atoms with Crippen molar-refractivity contribution < 1.29 is 0 Å². The predicted octanol–water partition coefficient (Wildman–Crippen LogP) is 3.55. The summed E-state index contributed by atoms with van der Waals surface area (Å²) in [5.74, 6) is 0.617. The summed E-state index contributed by atoms with van der Waals surface area (Å²) in [5.41, 5.74) is 0. The summed E-state index contributed by atoms with van der Waals surface area (Å²) in [6.45, 7) is 5.64. The number of rotatable bonds is 5. The predicted molar refractivity (Wildman–Crippen MR) is 58.3 cm³/mol. The molecule has 74 valence electrons. The van der Waals surface area contributed by atoms with Gasteiger partial charge in [0.25, 0.3) is 0 Å². The smallest absolute Gasteiger partial charge is 0.0219 e. The summed E-state index contributed by atoms with van der Waals surface area (Å²) in [5, 5.41) is 0. The van der Waals surface area contributed by atoms with Crippen molar-refractivity contribution in [2.24, 2.45) is 5.92 Å². The maximum atomic E-state index is 2.29. The monoisotopic (exact) mass is 179 g/mol. The van der Waals surface area contributed by atoms with E-state index in [-0.39, 0.29) is 0 Å². The first-order valence-corrected chi connectivity index (χ1v) is 5.45. The van der Waals surface area contributed by atoms with Crippen molar-refractivity contribution in [3.63, 3.8) is 0 Å². The minimum Gasteiger partial charge on any atom is -0.355 e. The maximum absolute atomic E-state index is 2.29. The second kappa shape index (κ2) is 5.85. The fourth-order valence-electron chi connectivity index (χ4n) is 1.48. The summed E-state index contributed by atoms with van der Waals surface area (Å²) in [6, 6.07) is 0. The lowest BCUT2D eigenvalue weighted by Crippen LogP contribution is -2.14. The second-order valence-corrected chi connectivity index (χ2v) is 3.84. The molecule has 0 atom stereocenters. The number of nitrogens with zero attached hydrogens (tertiary/aromatic N) is 1. The lowest BCUT2D eigenvalue weighted by Gasteiger charge is -2.19. The summed E-state index contributed by atoms with van der Waals surface area (Å²) in [6.07, 6.45) is 14.3. The van der Waals surface area contributed by atoms with Crippen LogP contribution in [-0.2, 0) is 0 Å². The molecule has 1 aliphatic heterocycles. The molecule has 0 N–H and O–H groups in total. The number of allylic oxidation sites excluding steroid dienone is 2. The first-order chi connectivity index (χ1) is 6.33. The zero-order valence-corrected chi connectivity index (χ0v) is 8.87. The molecular formula is C12H21N. The highest BCUT2D eigenvalue weighted by Gasteiger charge is 2.00. The van der Waals surface area contributed by atoms with Crippen LogP contribution in [0.5, 0.6) is 0 Å². The molecule has 0 saturated carbocycles. The maximum Gasteiger partial charge on any atom is 0.0219 e. The first kappa shape index (κ1) is 10.4. The molecule has 1 rings (SSSR count). The van der Waals surface area contributed by atoms with E-state index in [4.69, 9.17) is 0 Å². The minimum absolute atomic E-state index is 0.617. The largest absolute Gasteiger partial charge is 0.355 e. The average Bonchev–Trinajstić information content (AvgIpc) is 2.15. The van der Waals surface area contributed by atoms with Gasteiger partial charge >= 0.3 is 0 Å². The standard InChI is InChI=1S/C12H21N/c1-3-4-5-6-9-13-10-7-12(2)8-11-13/h7-8,10-12H,3-6,9H2,1-2H3. The van der Waals surface area contributed by atoms with E-state index in [9.17, 15) is 0 Å². The highest BCUT2D eigenvalue weighted by atomic mass is 15.1. The van der Waals surface area contributed by atoms with Crippen LogP contribution in [0.25, 0.3) is 0 Å². The molecule has 1 heterocycles. The van der Waals surface area contributed by atoms with Gasteiger partial charge in [-0.1, -0.05) is 45.3 Å². The lowest BCUT2D eigenvalue weighted by atomic mass is 10.1. The fraction of sp³-hybridized carbons (Fsp3) is 0.667. The van der Waals surface area contributed by atoms with Crippen molar-refractivity contribution in [3.05, 3.63) is 24.6 Å². The van der Waals surface area contributed by atoms with E-state index in [0.29, 0.717) is 5.92 Å². The van der Waals surface area contributed by atoms with Crippen LogP contribution in [0.4, 0.5) is 0 Å².